The summed E-state index contributed by atoms with van der Waals surface area (Å²) in [7, 11) is 0. The summed E-state index contributed by atoms with van der Waals surface area (Å²) in [5, 5.41) is 14.0. The normalized spacial score (nSPS) is 13.3. The number of rotatable bonds is 4. The van der Waals surface area contributed by atoms with Crippen molar-refractivity contribution >= 4 is 39.9 Å². The number of hydrogen-bond donors (Lipinski definition) is 1. The van der Waals surface area contributed by atoms with Crippen molar-refractivity contribution in [3.8, 4) is 23.3 Å². The van der Waals surface area contributed by atoms with Crippen LogP contribution in [0.15, 0.2) is 46.0 Å². The highest BCUT2D eigenvalue weighted by molar-refractivity contribution is 6.37. The van der Waals surface area contributed by atoms with Crippen molar-refractivity contribution in [2.75, 3.05) is 18.0 Å². The van der Waals surface area contributed by atoms with Gasteiger partial charge in [-0.15, -0.1) is 5.10 Å². The van der Waals surface area contributed by atoms with Gasteiger partial charge in [-0.25, -0.2) is 9.78 Å². The van der Waals surface area contributed by atoms with Crippen molar-refractivity contribution in [3.05, 3.63) is 78.5 Å². The van der Waals surface area contributed by atoms with Gasteiger partial charge in [0.25, 0.3) is 5.56 Å². The average molecular weight is 509 g/mol. The number of fused-ring (bicyclic) bond motifs is 1. The maximum atomic E-state index is 12.2. The molecule has 1 aliphatic heterocycles. The number of aryl methyl sites for hydroxylation is 1. The van der Waals surface area contributed by atoms with E-state index in [4.69, 9.17) is 38.2 Å². The first kappa shape index (κ1) is 22.9. The van der Waals surface area contributed by atoms with E-state index in [0.717, 1.165) is 40.1 Å². The zero-order valence-corrected chi connectivity index (χ0v) is 20.0. The summed E-state index contributed by atoms with van der Waals surface area (Å²) in [6, 6.07) is 12.1. The van der Waals surface area contributed by atoms with Crippen LogP contribution in [-0.4, -0.2) is 32.8 Å². The van der Waals surface area contributed by atoms with E-state index < -0.39 is 16.9 Å². The van der Waals surface area contributed by atoms with E-state index in [9.17, 15) is 9.59 Å². The molecule has 0 saturated carbocycles. The lowest BCUT2D eigenvalue weighted by Gasteiger charge is -2.18. The molecular formula is C24H18Cl2N6O3. The number of hydrogen-bond acceptors (Lipinski definition) is 7. The van der Waals surface area contributed by atoms with Gasteiger partial charge in [-0.05, 0) is 61.7 Å². The summed E-state index contributed by atoms with van der Waals surface area (Å²) in [5.41, 5.74) is -0.0706. The average Bonchev–Trinajstić information content (AvgIpc) is 3.37. The van der Waals surface area contributed by atoms with Gasteiger partial charge in [0.15, 0.2) is 5.75 Å². The van der Waals surface area contributed by atoms with Gasteiger partial charge in [0.2, 0.25) is 5.69 Å². The molecule has 2 aromatic heterocycles. The lowest BCUT2D eigenvalue weighted by molar-refractivity contribution is 0.483. The summed E-state index contributed by atoms with van der Waals surface area (Å²) in [4.78, 5) is 32.9. The SMILES string of the molecule is Cc1cc(N2CCCC2)nc2ccc(Oc3c(Cl)cc(-n4nc(C#N)c(=O)[nH]c4=O)cc3Cl)cc12. The number of halogens is 2. The van der Waals surface area contributed by atoms with Gasteiger partial charge in [-0.3, -0.25) is 9.78 Å². The zero-order valence-electron chi connectivity index (χ0n) is 18.5. The van der Waals surface area contributed by atoms with Crippen molar-refractivity contribution in [3.63, 3.8) is 0 Å². The van der Waals surface area contributed by atoms with Crippen LogP contribution in [0.1, 0.15) is 24.1 Å². The van der Waals surface area contributed by atoms with Crippen LogP contribution >= 0.6 is 23.2 Å². The molecule has 0 unspecified atom stereocenters. The molecule has 0 radical (unpaired) electrons. The Labute approximate surface area is 209 Å². The van der Waals surface area contributed by atoms with Crippen molar-refractivity contribution in [1.29, 1.82) is 5.26 Å². The van der Waals surface area contributed by atoms with Crippen LogP contribution in [0.5, 0.6) is 11.5 Å². The standard InChI is InChI=1S/C24H18Cl2N6O3/c1-13-8-21(31-6-2-3-7-31)28-19-5-4-15(11-16(13)19)35-22-17(25)9-14(10-18(22)26)32-24(34)29-23(33)20(12-27)30-32/h4-5,8-11H,2-3,6-7H2,1H3,(H,29,33,34). The second-order valence-electron chi connectivity index (χ2n) is 8.14. The molecule has 1 aliphatic rings. The number of aromatic nitrogens is 4. The number of H-pyrrole nitrogens is 1. The zero-order chi connectivity index (χ0) is 24.7. The molecule has 0 amide bonds. The van der Waals surface area contributed by atoms with E-state index in [1.807, 2.05) is 24.0 Å². The monoisotopic (exact) mass is 508 g/mol. The van der Waals surface area contributed by atoms with Crippen molar-refractivity contribution in [2.45, 2.75) is 19.8 Å². The molecule has 176 valence electrons. The molecule has 0 aliphatic carbocycles. The van der Waals surface area contributed by atoms with Crippen LogP contribution in [0.2, 0.25) is 10.0 Å². The molecule has 35 heavy (non-hydrogen) atoms. The van der Waals surface area contributed by atoms with Crippen molar-refractivity contribution in [1.82, 2.24) is 19.7 Å². The molecule has 11 heteroatoms. The molecule has 0 atom stereocenters. The second-order valence-corrected chi connectivity index (χ2v) is 8.96. The van der Waals surface area contributed by atoms with E-state index in [0.29, 0.717) is 5.75 Å². The lowest BCUT2D eigenvalue weighted by Crippen LogP contribution is -2.33. The minimum Gasteiger partial charge on any atom is -0.454 e. The fourth-order valence-corrected chi connectivity index (χ4v) is 4.61. The van der Waals surface area contributed by atoms with E-state index in [1.165, 1.54) is 25.0 Å². The van der Waals surface area contributed by atoms with Crippen LogP contribution < -0.4 is 20.9 Å². The first-order chi connectivity index (χ1) is 16.8. The van der Waals surface area contributed by atoms with Gasteiger partial charge in [-0.2, -0.15) is 9.94 Å². The Balaban J connectivity index is 1.48. The van der Waals surface area contributed by atoms with Gasteiger partial charge in [0, 0.05) is 18.5 Å². The number of nitriles is 1. The quantitative estimate of drug-likeness (QED) is 0.435. The van der Waals surface area contributed by atoms with Crippen LogP contribution in [0.4, 0.5) is 5.82 Å². The summed E-state index contributed by atoms with van der Waals surface area (Å²) in [6.07, 6.45) is 2.36. The highest BCUT2D eigenvalue weighted by atomic mass is 35.5. The summed E-state index contributed by atoms with van der Waals surface area (Å²) < 4.78 is 6.84. The largest absolute Gasteiger partial charge is 0.454 e. The maximum Gasteiger partial charge on any atom is 0.349 e. The Kier molecular flexibility index (Phi) is 5.93. The van der Waals surface area contributed by atoms with Crippen LogP contribution in [-0.2, 0) is 0 Å². The van der Waals surface area contributed by atoms with Gasteiger partial charge >= 0.3 is 5.69 Å². The molecule has 0 bridgehead atoms. The number of nitrogens with zero attached hydrogens (tertiary/aromatic N) is 5. The minimum atomic E-state index is -0.875. The van der Waals surface area contributed by atoms with Crippen molar-refractivity contribution < 1.29 is 4.74 Å². The van der Waals surface area contributed by atoms with E-state index in [-0.39, 0.29) is 21.5 Å². The highest BCUT2D eigenvalue weighted by Gasteiger charge is 2.17. The molecule has 1 saturated heterocycles. The molecule has 3 heterocycles. The van der Waals surface area contributed by atoms with E-state index in [2.05, 4.69) is 16.1 Å². The first-order valence-electron chi connectivity index (χ1n) is 10.8. The van der Waals surface area contributed by atoms with Crippen LogP contribution in [0, 0.1) is 18.3 Å². The first-order valence-corrected chi connectivity index (χ1v) is 11.6. The Morgan fingerprint density at radius 2 is 1.80 bits per heavy atom. The number of anilines is 1. The fraction of sp³-hybridized carbons (Fsp3) is 0.208. The molecule has 0 spiro atoms. The lowest BCUT2D eigenvalue weighted by atomic mass is 10.1. The minimum absolute atomic E-state index is 0.116. The van der Waals surface area contributed by atoms with Gasteiger partial charge in [0.05, 0.1) is 21.2 Å². The van der Waals surface area contributed by atoms with Gasteiger partial charge < -0.3 is 9.64 Å². The molecule has 4 aromatic rings. The Bertz CT molecular complexity index is 1610. The Morgan fingerprint density at radius 3 is 2.49 bits per heavy atom. The number of ether oxygens (including phenoxy) is 1. The summed E-state index contributed by atoms with van der Waals surface area (Å²) in [6.45, 7) is 4.07. The Hall–Kier alpha value is -3.87. The van der Waals surface area contributed by atoms with Crippen LogP contribution in [0.3, 0.4) is 0 Å². The number of benzene rings is 2. The summed E-state index contributed by atoms with van der Waals surface area (Å²) in [5.74, 6) is 1.68. The van der Waals surface area contributed by atoms with Gasteiger partial charge in [-0.1, -0.05) is 23.2 Å². The van der Waals surface area contributed by atoms with Crippen molar-refractivity contribution in [2.24, 2.45) is 0 Å². The Morgan fingerprint density at radius 1 is 1.09 bits per heavy atom. The van der Waals surface area contributed by atoms with E-state index in [1.54, 1.807) is 12.1 Å². The topological polar surface area (TPSA) is 117 Å². The molecule has 2 aromatic carbocycles. The predicted molar refractivity (Wildman–Crippen MR) is 133 cm³/mol. The molecule has 5 rings (SSSR count). The number of nitrogens with one attached hydrogen (secondary N) is 1. The maximum absolute atomic E-state index is 12.2. The number of aromatic amines is 1. The third-order valence-electron chi connectivity index (χ3n) is 5.78. The van der Waals surface area contributed by atoms with E-state index >= 15 is 0 Å². The number of pyridine rings is 1. The van der Waals surface area contributed by atoms with Gasteiger partial charge in [0.1, 0.15) is 17.6 Å². The summed E-state index contributed by atoms with van der Waals surface area (Å²) >= 11 is 12.9. The molecular weight excluding hydrogens is 491 g/mol. The third-order valence-corrected chi connectivity index (χ3v) is 6.35. The fourth-order valence-electron chi connectivity index (χ4n) is 4.06. The predicted octanol–water partition coefficient (Wildman–Crippen LogP) is 4.35. The van der Waals surface area contributed by atoms with Crippen LogP contribution in [0.25, 0.3) is 16.6 Å². The molecule has 1 fully saturated rings. The third kappa shape index (κ3) is 4.34. The molecule has 9 nitrogen and oxygen atoms in total. The second kappa shape index (κ2) is 9.06. The smallest absolute Gasteiger partial charge is 0.349 e. The highest BCUT2D eigenvalue weighted by Crippen LogP contribution is 2.39. The molecule has 1 N–H and O–H groups in total.